The Bertz CT molecular complexity index is 599. The van der Waals surface area contributed by atoms with Crippen molar-refractivity contribution < 1.29 is 18.3 Å². The third-order valence-corrected chi connectivity index (χ3v) is 3.61. The first-order chi connectivity index (χ1) is 9.20. The summed E-state index contributed by atoms with van der Waals surface area (Å²) < 4.78 is 22.1. The minimum absolute atomic E-state index is 0.0291. The quantitative estimate of drug-likeness (QED) is 0.553. The Kier molecular flexibility index (Phi) is 5.43. The van der Waals surface area contributed by atoms with Gasteiger partial charge in [-0.25, -0.2) is 13.6 Å². The Morgan fingerprint density at radius 2 is 1.95 bits per heavy atom. The molecule has 5 N–H and O–H groups in total. The minimum Gasteiger partial charge on any atom is -0.480 e. The van der Waals surface area contributed by atoms with Gasteiger partial charge in [0.15, 0.2) is 5.11 Å². The fraction of sp³-hybridized carbons (Fsp3) is 0.273. The largest absolute Gasteiger partial charge is 0.480 e. The number of carboxylic acid groups (broad SMARTS) is 1. The maximum Gasteiger partial charge on any atom is 0.325 e. The first kappa shape index (κ1) is 16.3. The molecule has 0 fully saturated rings. The lowest BCUT2D eigenvalue weighted by Crippen LogP contribution is -2.43. The number of hydrogen-bond acceptors (Lipinski definition) is 4. The van der Waals surface area contributed by atoms with Crippen LogP contribution in [-0.2, 0) is 21.4 Å². The monoisotopic (exact) mass is 317 g/mol. The molecule has 0 amide bonds. The topological polar surface area (TPSA) is 122 Å². The second kappa shape index (κ2) is 6.64. The Morgan fingerprint density at radius 3 is 2.40 bits per heavy atom. The highest BCUT2D eigenvalue weighted by Gasteiger charge is 2.11. The molecule has 0 spiro atoms. The van der Waals surface area contributed by atoms with Crippen molar-refractivity contribution in [1.29, 1.82) is 0 Å². The van der Waals surface area contributed by atoms with Crippen molar-refractivity contribution in [1.82, 2.24) is 10.6 Å². The number of nitrogens with one attached hydrogen (secondary N) is 2. The fourth-order valence-electron chi connectivity index (χ4n) is 1.29. The van der Waals surface area contributed by atoms with Crippen LogP contribution in [0.5, 0.6) is 0 Å². The van der Waals surface area contributed by atoms with Crippen LogP contribution < -0.4 is 15.8 Å². The van der Waals surface area contributed by atoms with Crippen LogP contribution in [0.15, 0.2) is 29.2 Å². The van der Waals surface area contributed by atoms with Gasteiger partial charge in [0.1, 0.15) is 6.04 Å². The van der Waals surface area contributed by atoms with Gasteiger partial charge in [0.25, 0.3) is 0 Å². The summed E-state index contributed by atoms with van der Waals surface area (Å²) in [6.45, 7) is 1.81. The van der Waals surface area contributed by atoms with Gasteiger partial charge in [0.2, 0.25) is 10.0 Å². The van der Waals surface area contributed by atoms with Crippen LogP contribution in [0.3, 0.4) is 0 Å². The van der Waals surface area contributed by atoms with Gasteiger partial charge in [-0.1, -0.05) is 12.1 Å². The highest BCUT2D eigenvalue weighted by molar-refractivity contribution is 7.89. The van der Waals surface area contributed by atoms with Gasteiger partial charge in [0.05, 0.1) is 4.90 Å². The number of sulfonamides is 1. The molecule has 9 heteroatoms. The number of carbonyl (C=O) groups is 1. The van der Waals surface area contributed by atoms with Crippen molar-refractivity contribution >= 4 is 33.3 Å². The van der Waals surface area contributed by atoms with E-state index in [-0.39, 0.29) is 10.0 Å². The SMILES string of the molecule is CC(NC(=S)NCc1ccc(S(N)(=O)=O)cc1)C(=O)O. The molecular weight excluding hydrogens is 302 g/mol. The number of benzene rings is 1. The maximum atomic E-state index is 11.1. The van der Waals surface area contributed by atoms with E-state index < -0.39 is 22.0 Å². The summed E-state index contributed by atoms with van der Waals surface area (Å²) in [4.78, 5) is 10.7. The van der Waals surface area contributed by atoms with Crippen molar-refractivity contribution in [3.8, 4) is 0 Å². The van der Waals surface area contributed by atoms with E-state index in [4.69, 9.17) is 22.5 Å². The molecule has 0 saturated carbocycles. The predicted octanol–water partition coefficient (Wildman–Crippen LogP) is -0.229. The van der Waals surface area contributed by atoms with Gasteiger partial charge in [-0.2, -0.15) is 0 Å². The molecule has 0 aliphatic heterocycles. The molecule has 110 valence electrons. The van der Waals surface area contributed by atoms with Crippen LogP contribution in [0.2, 0.25) is 0 Å². The van der Waals surface area contributed by atoms with Gasteiger partial charge in [0, 0.05) is 6.54 Å². The Balaban J connectivity index is 2.54. The van der Waals surface area contributed by atoms with Crippen LogP contribution in [0.1, 0.15) is 12.5 Å². The number of carboxylic acids is 1. The predicted molar refractivity (Wildman–Crippen MR) is 77.5 cm³/mol. The number of nitrogens with two attached hydrogens (primary N) is 1. The molecule has 7 nitrogen and oxygen atoms in total. The van der Waals surface area contributed by atoms with Gasteiger partial charge in [-0.15, -0.1) is 0 Å². The Labute approximate surface area is 122 Å². The van der Waals surface area contributed by atoms with E-state index in [1.165, 1.54) is 19.1 Å². The standard InChI is InChI=1S/C11H15N3O4S2/c1-7(10(15)16)14-11(19)13-6-8-2-4-9(5-3-8)20(12,17)18/h2-5,7H,6H2,1H3,(H,15,16)(H2,12,17,18)(H2,13,14,19). The number of hydrogen-bond donors (Lipinski definition) is 4. The number of thiocarbonyl (C=S) groups is 1. The van der Waals surface area contributed by atoms with E-state index in [1.54, 1.807) is 12.1 Å². The molecule has 1 unspecified atom stereocenters. The molecule has 0 heterocycles. The molecule has 1 aromatic rings. The molecule has 1 atom stereocenters. The normalized spacial score (nSPS) is 12.5. The van der Waals surface area contributed by atoms with E-state index in [9.17, 15) is 13.2 Å². The second-order valence-electron chi connectivity index (χ2n) is 4.08. The number of primary sulfonamides is 1. The molecule has 1 aromatic carbocycles. The lowest BCUT2D eigenvalue weighted by Gasteiger charge is -2.13. The summed E-state index contributed by atoms with van der Waals surface area (Å²) in [7, 11) is -3.70. The minimum atomic E-state index is -3.70. The first-order valence-electron chi connectivity index (χ1n) is 5.59. The summed E-state index contributed by atoms with van der Waals surface area (Å²) in [6.07, 6.45) is 0. The summed E-state index contributed by atoms with van der Waals surface area (Å²) in [5.74, 6) is -1.01. The molecule has 20 heavy (non-hydrogen) atoms. The molecular formula is C11H15N3O4S2. The maximum absolute atomic E-state index is 11.1. The molecule has 0 aliphatic carbocycles. The summed E-state index contributed by atoms with van der Waals surface area (Å²) in [6, 6.07) is 5.18. The highest BCUT2D eigenvalue weighted by atomic mass is 32.2. The van der Waals surface area contributed by atoms with Gasteiger partial charge in [-0.05, 0) is 36.8 Å². The fourth-order valence-corrected chi connectivity index (χ4v) is 2.05. The Morgan fingerprint density at radius 1 is 1.40 bits per heavy atom. The lowest BCUT2D eigenvalue weighted by atomic mass is 10.2. The first-order valence-corrected chi connectivity index (χ1v) is 7.54. The van der Waals surface area contributed by atoms with Crippen molar-refractivity contribution in [2.75, 3.05) is 0 Å². The second-order valence-corrected chi connectivity index (χ2v) is 6.05. The van der Waals surface area contributed by atoms with Gasteiger partial charge >= 0.3 is 5.97 Å². The highest BCUT2D eigenvalue weighted by Crippen LogP contribution is 2.08. The van der Waals surface area contributed by atoms with Crippen LogP contribution in [0.4, 0.5) is 0 Å². The van der Waals surface area contributed by atoms with Gasteiger partial charge in [-0.3, -0.25) is 4.79 Å². The van der Waals surface area contributed by atoms with E-state index in [0.29, 0.717) is 6.54 Å². The smallest absolute Gasteiger partial charge is 0.325 e. The van der Waals surface area contributed by atoms with E-state index >= 15 is 0 Å². The Hall–Kier alpha value is -1.71. The third kappa shape index (κ3) is 5.11. The lowest BCUT2D eigenvalue weighted by molar-refractivity contribution is -0.138. The average molecular weight is 317 g/mol. The molecule has 0 radical (unpaired) electrons. The average Bonchev–Trinajstić information content (AvgIpc) is 2.35. The van der Waals surface area contributed by atoms with E-state index in [2.05, 4.69) is 10.6 Å². The van der Waals surface area contributed by atoms with Crippen LogP contribution >= 0.6 is 12.2 Å². The molecule has 0 aromatic heterocycles. The van der Waals surface area contributed by atoms with Crippen molar-refractivity contribution in [3.05, 3.63) is 29.8 Å². The van der Waals surface area contributed by atoms with E-state index in [0.717, 1.165) is 5.56 Å². The molecule has 0 saturated heterocycles. The molecule has 0 bridgehead atoms. The van der Waals surface area contributed by atoms with Crippen molar-refractivity contribution in [2.24, 2.45) is 5.14 Å². The summed E-state index contributed by atoms with van der Waals surface area (Å²) in [5.41, 5.74) is 0.782. The van der Waals surface area contributed by atoms with Crippen molar-refractivity contribution in [2.45, 2.75) is 24.4 Å². The summed E-state index contributed by atoms with van der Waals surface area (Å²) in [5, 5.41) is 19.3. The van der Waals surface area contributed by atoms with Crippen LogP contribution in [-0.4, -0.2) is 30.6 Å². The molecule has 0 aliphatic rings. The van der Waals surface area contributed by atoms with Crippen molar-refractivity contribution in [3.63, 3.8) is 0 Å². The number of aliphatic carboxylic acids is 1. The zero-order chi connectivity index (χ0) is 15.3. The van der Waals surface area contributed by atoms with Crippen LogP contribution in [0.25, 0.3) is 0 Å². The number of rotatable bonds is 5. The zero-order valence-electron chi connectivity index (χ0n) is 10.7. The zero-order valence-corrected chi connectivity index (χ0v) is 12.3. The summed E-state index contributed by atoms with van der Waals surface area (Å²) >= 11 is 4.93. The third-order valence-electron chi connectivity index (χ3n) is 2.42. The van der Waals surface area contributed by atoms with Gasteiger partial charge < -0.3 is 15.7 Å². The van der Waals surface area contributed by atoms with Crippen LogP contribution in [0, 0.1) is 0 Å². The molecule has 1 rings (SSSR count). The van der Waals surface area contributed by atoms with E-state index in [1.807, 2.05) is 0 Å².